The zero-order chi connectivity index (χ0) is 14.8. The van der Waals surface area contributed by atoms with E-state index in [4.69, 9.17) is 5.84 Å². The Kier molecular flexibility index (Phi) is 4.38. The zero-order valence-corrected chi connectivity index (χ0v) is 12.9. The standard InChI is InChI=1S/C10H13BrN6O2S/c1-6(7-3-14-15-4-7)17-20(18,19)9-2-8(11)5-13-10(9)16-12/h2-6,17H,12H2,1H3,(H,13,16)(H,14,15). The summed E-state index contributed by atoms with van der Waals surface area (Å²) >= 11 is 3.18. The van der Waals surface area contributed by atoms with Crippen LogP contribution in [0.4, 0.5) is 5.82 Å². The molecule has 0 saturated heterocycles. The van der Waals surface area contributed by atoms with Crippen LogP contribution in [0, 0.1) is 0 Å². The summed E-state index contributed by atoms with van der Waals surface area (Å²) in [5, 5.41) is 6.41. The van der Waals surface area contributed by atoms with Gasteiger partial charge in [-0.2, -0.15) is 5.10 Å². The molecular weight excluding hydrogens is 348 g/mol. The van der Waals surface area contributed by atoms with Gasteiger partial charge in [0.05, 0.1) is 6.20 Å². The van der Waals surface area contributed by atoms with E-state index in [-0.39, 0.29) is 10.7 Å². The Hall–Kier alpha value is -1.49. The molecule has 2 rings (SSSR count). The van der Waals surface area contributed by atoms with Crippen molar-refractivity contribution in [3.63, 3.8) is 0 Å². The molecule has 5 N–H and O–H groups in total. The number of nitrogens with one attached hydrogen (secondary N) is 3. The Morgan fingerprint density at radius 3 is 2.80 bits per heavy atom. The predicted octanol–water partition coefficient (Wildman–Crippen LogP) is 0.892. The number of nitrogens with two attached hydrogens (primary N) is 1. The number of H-pyrrole nitrogens is 1. The molecule has 0 bridgehead atoms. The summed E-state index contributed by atoms with van der Waals surface area (Å²) in [4.78, 5) is 3.88. The number of anilines is 1. The number of hydrogen-bond donors (Lipinski definition) is 4. The lowest BCUT2D eigenvalue weighted by molar-refractivity contribution is 0.567. The van der Waals surface area contributed by atoms with Crippen LogP contribution in [-0.2, 0) is 10.0 Å². The summed E-state index contributed by atoms with van der Waals surface area (Å²) in [6.45, 7) is 1.71. The molecule has 1 unspecified atom stereocenters. The molecule has 0 fully saturated rings. The van der Waals surface area contributed by atoms with E-state index in [0.717, 1.165) is 5.56 Å². The van der Waals surface area contributed by atoms with Gasteiger partial charge < -0.3 is 5.43 Å². The second-order valence-electron chi connectivity index (χ2n) is 4.02. The zero-order valence-electron chi connectivity index (χ0n) is 10.5. The molecule has 0 saturated carbocycles. The van der Waals surface area contributed by atoms with Gasteiger partial charge in [-0.25, -0.2) is 24.0 Å². The molecule has 0 aliphatic rings. The van der Waals surface area contributed by atoms with Gasteiger partial charge in [-0.15, -0.1) is 0 Å². The van der Waals surface area contributed by atoms with Crippen LogP contribution in [0.2, 0.25) is 0 Å². The normalized spacial score (nSPS) is 13.2. The predicted molar refractivity (Wildman–Crippen MR) is 77.1 cm³/mol. The van der Waals surface area contributed by atoms with Gasteiger partial charge in [0.1, 0.15) is 4.90 Å². The van der Waals surface area contributed by atoms with Crippen molar-refractivity contribution in [1.82, 2.24) is 19.9 Å². The molecule has 0 aromatic carbocycles. The first-order valence-electron chi connectivity index (χ1n) is 5.57. The van der Waals surface area contributed by atoms with E-state index in [9.17, 15) is 8.42 Å². The Morgan fingerprint density at radius 2 is 2.20 bits per heavy atom. The maximum absolute atomic E-state index is 12.4. The average Bonchev–Trinajstić information content (AvgIpc) is 2.92. The van der Waals surface area contributed by atoms with E-state index in [2.05, 4.69) is 41.3 Å². The maximum atomic E-state index is 12.4. The molecule has 20 heavy (non-hydrogen) atoms. The largest absolute Gasteiger partial charge is 0.307 e. The van der Waals surface area contributed by atoms with Gasteiger partial charge in [0.2, 0.25) is 10.0 Å². The van der Waals surface area contributed by atoms with E-state index in [1.807, 2.05) is 0 Å². The first-order chi connectivity index (χ1) is 9.44. The Labute approximate surface area is 124 Å². The van der Waals surface area contributed by atoms with Gasteiger partial charge >= 0.3 is 0 Å². The summed E-state index contributed by atoms with van der Waals surface area (Å²) in [5.74, 6) is 5.36. The smallest absolute Gasteiger partial charge is 0.244 e. The second kappa shape index (κ2) is 5.87. The molecule has 0 aliphatic carbocycles. The van der Waals surface area contributed by atoms with Crippen LogP contribution < -0.4 is 16.0 Å². The van der Waals surface area contributed by atoms with E-state index in [1.54, 1.807) is 19.3 Å². The molecule has 2 aromatic rings. The molecular formula is C10H13BrN6O2S. The van der Waals surface area contributed by atoms with Crippen molar-refractivity contribution in [2.24, 2.45) is 5.84 Å². The Morgan fingerprint density at radius 1 is 1.45 bits per heavy atom. The molecule has 8 nitrogen and oxygen atoms in total. The Balaban J connectivity index is 2.33. The fourth-order valence-electron chi connectivity index (χ4n) is 1.60. The minimum Gasteiger partial charge on any atom is -0.307 e. The summed E-state index contributed by atoms with van der Waals surface area (Å²) in [7, 11) is -3.78. The number of sulfonamides is 1. The number of rotatable bonds is 5. The van der Waals surface area contributed by atoms with Gasteiger partial charge in [0.25, 0.3) is 0 Å². The summed E-state index contributed by atoms with van der Waals surface area (Å²) in [5.41, 5.74) is 2.99. The molecule has 0 spiro atoms. The van der Waals surface area contributed by atoms with Crippen molar-refractivity contribution >= 4 is 31.8 Å². The lowest BCUT2D eigenvalue weighted by atomic mass is 10.2. The molecule has 2 aromatic heterocycles. The number of hydrogen-bond acceptors (Lipinski definition) is 6. The molecule has 0 radical (unpaired) electrons. The van der Waals surface area contributed by atoms with Crippen LogP contribution in [-0.4, -0.2) is 23.6 Å². The van der Waals surface area contributed by atoms with Gasteiger partial charge in [-0.1, -0.05) is 0 Å². The van der Waals surface area contributed by atoms with Gasteiger partial charge in [-0.05, 0) is 28.9 Å². The van der Waals surface area contributed by atoms with Crippen LogP contribution in [0.25, 0.3) is 0 Å². The summed E-state index contributed by atoms with van der Waals surface area (Å²) in [6.07, 6.45) is 4.62. The van der Waals surface area contributed by atoms with Crippen LogP contribution in [0.1, 0.15) is 18.5 Å². The molecule has 0 aliphatic heterocycles. The van der Waals surface area contributed by atoms with Gasteiger partial charge in [-0.3, -0.25) is 5.10 Å². The highest BCUT2D eigenvalue weighted by Crippen LogP contribution is 2.24. The molecule has 108 valence electrons. The minimum atomic E-state index is -3.78. The van der Waals surface area contributed by atoms with E-state index >= 15 is 0 Å². The summed E-state index contributed by atoms with van der Waals surface area (Å²) in [6, 6.07) is 0.982. The van der Waals surface area contributed by atoms with Crippen molar-refractivity contribution in [3.8, 4) is 0 Å². The number of halogens is 1. The van der Waals surface area contributed by atoms with Gasteiger partial charge in [0, 0.05) is 28.5 Å². The minimum absolute atomic E-state index is 0.0373. The van der Waals surface area contributed by atoms with E-state index < -0.39 is 16.1 Å². The van der Waals surface area contributed by atoms with Crippen molar-refractivity contribution in [3.05, 3.63) is 34.7 Å². The number of pyridine rings is 1. The first-order valence-corrected chi connectivity index (χ1v) is 7.85. The second-order valence-corrected chi connectivity index (χ2v) is 6.62. The highest BCUT2D eigenvalue weighted by Gasteiger charge is 2.23. The number of aromatic amines is 1. The molecule has 1 atom stereocenters. The average molecular weight is 361 g/mol. The molecule has 10 heteroatoms. The quantitative estimate of drug-likeness (QED) is 0.463. The molecule has 0 amide bonds. The fourth-order valence-corrected chi connectivity index (χ4v) is 3.46. The number of nitrogen functional groups attached to an aromatic ring is 1. The maximum Gasteiger partial charge on any atom is 0.244 e. The monoisotopic (exact) mass is 360 g/mol. The number of hydrazine groups is 1. The van der Waals surface area contributed by atoms with Crippen LogP contribution in [0.5, 0.6) is 0 Å². The third-order valence-electron chi connectivity index (χ3n) is 2.60. The number of nitrogens with zero attached hydrogens (tertiary/aromatic N) is 2. The van der Waals surface area contributed by atoms with Gasteiger partial charge in [0.15, 0.2) is 5.82 Å². The highest BCUT2D eigenvalue weighted by atomic mass is 79.9. The SMILES string of the molecule is CC(NS(=O)(=O)c1cc(Br)cnc1NN)c1cn[nH]c1. The van der Waals surface area contributed by atoms with Crippen LogP contribution >= 0.6 is 15.9 Å². The van der Waals surface area contributed by atoms with Crippen LogP contribution in [0.15, 0.2) is 34.0 Å². The highest BCUT2D eigenvalue weighted by molar-refractivity contribution is 9.10. The first kappa shape index (κ1) is 14.9. The van der Waals surface area contributed by atoms with Crippen molar-refractivity contribution < 1.29 is 8.42 Å². The summed E-state index contributed by atoms with van der Waals surface area (Å²) < 4.78 is 27.8. The lowest BCUT2D eigenvalue weighted by Gasteiger charge is -2.14. The fraction of sp³-hybridized carbons (Fsp3) is 0.200. The van der Waals surface area contributed by atoms with Crippen molar-refractivity contribution in [2.45, 2.75) is 17.9 Å². The van der Waals surface area contributed by atoms with E-state index in [0.29, 0.717) is 4.47 Å². The van der Waals surface area contributed by atoms with Crippen LogP contribution in [0.3, 0.4) is 0 Å². The topological polar surface area (TPSA) is 126 Å². The lowest BCUT2D eigenvalue weighted by Crippen LogP contribution is -2.28. The van der Waals surface area contributed by atoms with Crippen molar-refractivity contribution in [2.75, 3.05) is 5.43 Å². The van der Waals surface area contributed by atoms with Crippen molar-refractivity contribution in [1.29, 1.82) is 0 Å². The number of aromatic nitrogens is 3. The third kappa shape index (κ3) is 3.15. The molecule has 2 heterocycles. The third-order valence-corrected chi connectivity index (χ3v) is 4.58. The Bertz CT molecular complexity index is 688. The van der Waals surface area contributed by atoms with E-state index in [1.165, 1.54) is 12.3 Å².